The summed E-state index contributed by atoms with van der Waals surface area (Å²) in [6, 6.07) is 3.84. The second-order valence-electron chi connectivity index (χ2n) is 1.66. The first-order valence-electron chi connectivity index (χ1n) is 2.57. The van der Waals surface area contributed by atoms with E-state index in [1.54, 1.807) is 18.3 Å². The summed E-state index contributed by atoms with van der Waals surface area (Å²) < 4.78 is 0. The number of thiophene rings is 1. The SMILES string of the molecule is C/C(=N\O)c1cccs1. The summed E-state index contributed by atoms with van der Waals surface area (Å²) in [6.07, 6.45) is 0. The lowest BCUT2D eigenvalue weighted by molar-refractivity contribution is 0.319. The molecule has 3 heteroatoms. The Morgan fingerprint density at radius 3 is 3.00 bits per heavy atom. The molecule has 0 aromatic carbocycles. The van der Waals surface area contributed by atoms with Gasteiger partial charge in [-0.15, -0.1) is 11.3 Å². The Labute approximate surface area is 57.4 Å². The molecular formula is C6H7NOS. The number of hydrogen-bond acceptors (Lipinski definition) is 3. The van der Waals surface area contributed by atoms with E-state index in [2.05, 4.69) is 5.16 Å². The molecule has 9 heavy (non-hydrogen) atoms. The second-order valence-corrected chi connectivity index (χ2v) is 2.61. The lowest BCUT2D eigenvalue weighted by atomic mass is 10.3. The first-order valence-corrected chi connectivity index (χ1v) is 3.45. The topological polar surface area (TPSA) is 32.6 Å². The molecule has 0 unspecified atom stereocenters. The van der Waals surface area contributed by atoms with E-state index in [0.717, 1.165) is 4.88 Å². The number of oxime groups is 1. The van der Waals surface area contributed by atoms with E-state index in [1.807, 2.05) is 17.5 Å². The van der Waals surface area contributed by atoms with E-state index in [4.69, 9.17) is 5.21 Å². The third kappa shape index (κ3) is 1.29. The first kappa shape index (κ1) is 6.29. The summed E-state index contributed by atoms with van der Waals surface area (Å²) >= 11 is 1.56. The van der Waals surface area contributed by atoms with Crippen LogP contribution in [0.25, 0.3) is 0 Å². The Bertz CT molecular complexity index is 203. The third-order valence-corrected chi connectivity index (χ3v) is 2.01. The minimum atomic E-state index is 0.671. The molecule has 0 saturated heterocycles. The molecule has 0 bridgehead atoms. The zero-order valence-electron chi connectivity index (χ0n) is 5.03. The monoisotopic (exact) mass is 141 g/mol. The van der Waals surface area contributed by atoms with Gasteiger partial charge in [-0.25, -0.2) is 0 Å². The second kappa shape index (κ2) is 2.64. The molecule has 1 aromatic heterocycles. The van der Waals surface area contributed by atoms with Crippen LogP contribution in [-0.2, 0) is 0 Å². The molecule has 0 radical (unpaired) electrons. The van der Waals surface area contributed by atoms with E-state index in [0.29, 0.717) is 5.71 Å². The normalized spacial score (nSPS) is 11.9. The minimum Gasteiger partial charge on any atom is -0.411 e. The molecule has 0 atom stereocenters. The highest BCUT2D eigenvalue weighted by Crippen LogP contribution is 2.08. The number of rotatable bonds is 1. The summed E-state index contributed by atoms with van der Waals surface area (Å²) in [5, 5.41) is 13.3. The smallest absolute Gasteiger partial charge is 0.0936 e. The summed E-state index contributed by atoms with van der Waals surface area (Å²) in [6.45, 7) is 1.77. The highest BCUT2D eigenvalue weighted by molar-refractivity contribution is 7.12. The molecule has 0 aliphatic rings. The van der Waals surface area contributed by atoms with Crippen molar-refractivity contribution in [1.82, 2.24) is 0 Å². The Morgan fingerprint density at radius 1 is 1.78 bits per heavy atom. The van der Waals surface area contributed by atoms with Crippen LogP contribution >= 0.6 is 11.3 Å². The van der Waals surface area contributed by atoms with E-state index in [-0.39, 0.29) is 0 Å². The molecule has 0 fully saturated rings. The first-order chi connectivity index (χ1) is 4.34. The van der Waals surface area contributed by atoms with Crippen molar-refractivity contribution in [3.63, 3.8) is 0 Å². The van der Waals surface area contributed by atoms with E-state index >= 15 is 0 Å². The summed E-state index contributed by atoms with van der Waals surface area (Å²) in [5.41, 5.74) is 0.671. The summed E-state index contributed by atoms with van der Waals surface area (Å²) in [4.78, 5) is 1.01. The zero-order chi connectivity index (χ0) is 6.69. The molecule has 0 aliphatic heterocycles. The van der Waals surface area contributed by atoms with Gasteiger partial charge in [-0.2, -0.15) is 0 Å². The van der Waals surface area contributed by atoms with Gasteiger partial charge in [0.05, 0.1) is 10.6 Å². The molecular weight excluding hydrogens is 134 g/mol. The van der Waals surface area contributed by atoms with Crippen molar-refractivity contribution in [2.24, 2.45) is 5.16 Å². The predicted molar refractivity (Wildman–Crippen MR) is 38.3 cm³/mol. The molecule has 2 nitrogen and oxygen atoms in total. The van der Waals surface area contributed by atoms with E-state index < -0.39 is 0 Å². The van der Waals surface area contributed by atoms with Crippen molar-refractivity contribution in [3.8, 4) is 0 Å². The van der Waals surface area contributed by atoms with Gasteiger partial charge in [-0.05, 0) is 18.4 Å². The Hall–Kier alpha value is -0.830. The largest absolute Gasteiger partial charge is 0.411 e. The molecule has 48 valence electrons. The number of hydrogen-bond donors (Lipinski definition) is 1. The van der Waals surface area contributed by atoms with Crippen LogP contribution in [0.1, 0.15) is 11.8 Å². The van der Waals surface area contributed by atoms with Gasteiger partial charge in [-0.1, -0.05) is 11.2 Å². The van der Waals surface area contributed by atoms with Crippen molar-refractivity contribution >= 4 is 17.0 Å². The molecule has 1 heterocycles. The molecule has 1 N–H and O–H groups in total. The van der Waals surface area contributed by atoms with E-state index in [1.165, 1.54) is 0 Å². The lowest BCUT2D eigenvalue weighted by Crippen LogP contribution is -1.87. The maximum absolute atomic E-state index is 8.30. The van der Waals surface area contributed by atoms with Gasteiger partial charge in [0.25, 0.3) is 0 Å². The molecule has 0 spiro atoms. The van der Waals surface area contributed by atoms with Crippen LogP contribution in [0.2, 0.25) is 0 Å². The maximum atomic E-state index is 8.30. The van der Waals surface area contributed by atoms with Crippen molar-refractivity contribution < 1.29 is 5.21 Å². The van der Waals surface area contributed by atoms with Gasteiger partial charge in [0.1, 0.15) is 0 Å². The van der Waals surface area contributed by atoms with E-state index in [9.17, 15) is 0 Å². The minimum absolute atomic E-state index is 0.671. The van der Waals surface area contributed by atoms with Crippen LogP contribution in [0, 0.1) is 0 Å². The van der Waals surface area contributed by atoms with Crippen molar-refractivity contribution in [2.45, 2.75) is 6.92 Å². The van der Waals surface area contributed by atoms with Crippen molar-refractivity contribution in [2.75, 3.05) is 0 Å². The zero-order valence-corrected chi connectivity index (χ0v) is 5.85. The fourth-order valence-electron chi connectivity index (χ4n) is 0.534. The lowest BCUT2D eigenvalue weighted by Gasteiger charge is -1.87. The standard InChI is InChI=1S/C6H7NOS/c1-5(7-8)6-3-2-4-9-6/h2-4,8H,1H3/b7-5+. The average Bonchev–Trinajstić information content (AvgIpc) is 2.37. The van der Waals surface area contributed by atoms with Gasteiger partial charge < -0.3 is 5.21 Å². The highest BCUT2D eigenvalue weighted by atomic mass is 32.1. The molecule has 1 rings (SSSR count). The van der Waals surface area contributed by atoms with Crippen LogP contribution in [0.4, 0.5) is 0 Å². The van der Waals surface area contributed by atoms with Crippen LogP contribution in [-0.4, -0.2) is 10.9 Å². The van der Waals surface area contributed by atoms with Crippen LogP contribution in [0.15, 0.2) is 22.7 Å². The van der Waals surface area contributed by atoms with Crippen LogP contribution in [0.5, 0.6) is 0 Å². The summed E-state index contributed by atoms with van der Waals surface area (Å²) in [5.74, 6) is 0. The van der Waals surface area contributed by atoms with Crippen molar-refractivity contribution in [3.05, 3.63) is 22.4 Å². The molecule has 0 saturated carbocycles. The third-order valence-electron chi connectivity index (χ3n) is 1.03. The summed E-state index contributed by atoms with van der Waals surface area (Å²) in [7, 11) is 0. The van der Waals surface area contributed by atoms with Gasteiger partial charge in [-0.3, -0.25) is 0 Å². The van der Waals surface area contributed by atoms with Gasteiger partial charge in [0, 0.05) is 0 Å². The maximum Gasteiger partial charge on any atom is 0.0936 e. The van der Waals surface area contributed by atoms with Gasteiger partial charge >= 0.3 is 0 Å². The van der Waals surface area contributed by atoms with Gasteiger partial charge in [0.2, 0.25) is 0 Å². The fourth-order valence-corrected chi connectivity index (χ4v) is 1.21. The highest BCUT2D eigenvalue weighted by Gasteiger charge is 1.95. The van der Waals surface area contributed by atoms with Crippen LogP contribution < -0.4 is 0 Å². The fraction of sp³-hybridized carbons (Fsp3) is 0.167. The quantitative estimate of drug-likeness (QED) is 0.362. The predicted octanol–water partition coefficient (Wildman–Crippen LogP) is 1.95. The van der Waals surface area contributed by atoms with Crippen molar-refractivity contribution in [1.29, 1.82) is 0 Å². The average molecular weight is 141 g/mol. The molecule has 0 amide bonds. The Morgan fingerprint density at radius 2 is 2.56 bits per heavy atom. The van der Waals surface area contributed by atoms with Gasteiger partial charge in [0.15, 0.2) is 0 Å². The Kier molecular flexibility index (Phi) is 1.85. The molecule has 0 aliphatic carbocycles. The number of nitrogens with zero attached hydrogens (tertiary/aromatic N) is 1. The van der Waals surface area contributed by atoms with Crippen LogP contribution in [0.3, 0.4) is 0 Å². The Balaban J connectivity index is 2.90. The molecule has 1 aromatic rings.